The molecule has 0 fully saturated rings. The molecule has 0 amide bonds. The number of hydrogen-bond acceptors (Lipinski definition) is 7. The lowest BCUT2D eigenvalue weighted by molar-refractivity contribution is 0.137. The van der Waals surface area contributed by atoms with E-state index in [1.807, 2.05) is 12.1 Å². The highest BCUT2D eigenvalue weighted by atomic mass is 32.2. The number of nitrogens with zero attached hydrogens (tertiary/aromatic N) is 2. The summed E-state index contributed by atoms with van der Waals surface area (Å²) in [4.78, 5) is 2.76. The van der Waals surface area contributed by atoms with Gasteiger partial charge in [-0.3, -0.25) is 0 Å². The van der Waals surface area contributed by atoms with Crippen molar-refractivity contribution in [2.24, 2.45) is 0 Å². The average molecular weight is 392 g/mol. The van der Waals surface area contributed by atoms with Crippen molar-refractivity contribution in [1.82, 2.24) is 10.2 Å². The van der Waals surface area contributed by atoms with Gasteiger partial charge in [-0.1, -0.05) is 13.8 Å². The van der Waals surface area contributed by atoms with Crippen molar-refractivity contribution in [3.63, 3.8) is 0 Å². The Labute approximate surface area is 166 Å². The molecule has 1 aromatic carbocycles. The highest BCUT2D eigenvalue weighted by Gasteiger charge is 2.22. The van der Waals surface area contributed by atoms with Crippen molar-refractivity contribution in [3.8, 4) is 17.6 Å². The molecule has 2 rings (SSSR count). The topological polar surface area (TPSA) is 77.8 Å². The van der Waals surface area contributed by atoms with Crippen molar-refractivity contribution >= 4 is 17.5 Å². The Kier molecular flexibility index (Phi) is 8.29. The number of hydrogen-bond donors (Lipinski definition) is 2. The molecule has 1 aromatic rings. The van der Waals surface area contributed by atoms with Gasteiger partial charge in [0.15, 0.2) is 11.5 Å². The smallest absolute Gasteiger partial charge is 0.161 e. The molecule has 1 aliphatic heterocycles. The molecule has 6 nitrogen and oxygen atoms in total. The molecule has 0 aliphatic carbocycles. The maximum Gasteiger partial charge on any atom is 0.161 e. The summed E-state index contributed by atoms with van der Waals surface area (Å²) in [5.74, 6) is 1.81. The number of ether oxygens (including phenoxy) is 2. The summed E-state index contributed by atoms with van der Waals surface area (Å²) in [6.07, 6.45) is 0.375. The van der Waals surface area contributed by atoms with E-state index in [1.54, 1.807) is 14.2 Å². The molecule has 0 aromatic heterocycles. The number of benzene rings is 1. The lowest BCUT2D eigenvalue weighted by Gasteiger charge is -2.25. The van der Waals surface area contributed by atoms with Crippen LogP contribution in [0.15, 0.2) is 17.0 Å². The van der Waals surface area contributed by atoms with E-state index in [4.69, 9.17) is 9.47 Å². The predicted octanol–water partition coefficient (Wildman–Crippen LogP) is 2.48. The summed E-state index contributed by atoms with van der Waals surface area (Å²) in [5.41, 5.74) is 2.89. The first-order valence-corrected chi connectivity index (χ1v) is 10.2. The van der Waals surface area contributed by atoms with Crippen LogP contribution in [0.2, 0.25) is 0 Å². The van der Waals surface area contributed by atoms with Gasteiger partial charge in [-0.2, -0.15) is 5.26 Å². The molecule has 1 heterocycles. The van der Waals surface area contributed by atoms with Gasteiger partial charge >= 0.3 is 0 Å². The number of thioether (sulfide) groups is 1. The second-order valence-corrected chi connectivity index (χ2v) is 7.34. The Bertz CT molecular complexity index is 711. The normalized spacial score (nSPS) is 16.2. The first-order valence-electron chi connectivity index (χ1n) is 9.24. The van der Waals surface area contributed by atoms with Crippen molar-refractivity contribution in [3.05, 3.63) is 28.2 Å². The van der Waals surface area contributed by atoms with Crippen molar-refractivity contribution in [1.29, 1.82) is 5.26 Å². The van der Waals surface area contributed by atoms with Gasteiger partial charge in [0.2, 0.25) is 0 Å². The van der Waals surface area contributed by atoms with Crippen LogP contribution >= 0.6 is 11.8 Å². The fourth-order valence-electron chi connectivity index (χ4n) is 3.15. The van der Waals surface area contributed by atoms with Crippen LogP contribution in [0.3, 0.4) is 0 Å². The Morgan fingerprint density at radius 2 is 1.96 bits per heavy atom. The van der Waals surface area contributed by atoms with E-state index < -0.39 is 6.10 Å². The maximum absolute atomic E-state index is 10.3. The number of aliphatic hydroxyl groups excluding tert-OH is 1. The molecular formula is C20H29N3O3S. The Balaban J connectivity index is 2.24. The molecule has 0 spiro atoms. The summed E-state index contributed by atoms with van der Waals surface area (Å²) < 4.78 is 10.8. The van der Waals surface area contributed by atoms with E-state index in [-0.39, 0.29) is 0 Å². The molecule has 0 saturated heterocycles. The van der Waals surface area contributed by atoms with Crippen LogP contribution in [0.4, 0.5) is 0 Å². The highest BCUT2D eigenvalue weighted by Crippen LogP contribution is 2.37. The van der Waals surface area contributed by atoms with Gasteiger partial charge in [0.1, 0.15) is 11.0 Å². The number of likely N-dealkylation sites (N-methyl/N-ethyl adjacent to an activating group) is 1. The van der Waals surface area contributed by atoms with Crippen LogP contribution in [0.1, 0.15) is 25.0 Å². The van der Waals surface area contributed by atoms with Gasteiger partial charge in [0, 0.05) is 24.4 Å². The van der Waals surface area contributed by atoms with Gasteiger partial charge in [-0.15, -0.1) is 11.8 Å². The van der Waals surface area contributed by atoms with Crippen LogP contribution in [0, 0.1) is 11.3 Å². The zero-order chi connectivity index (χ0) is 19.8. The van der Waals surface area contributed by atoms with E-state index >= 15 is 0 Å². The van der Waals surface area contributed by atoms with E-state index in [0.29, 0.717) is 28.7 Å². The van der Waals surface area contributed by atoms with Gasteiger partial charge < -0.3 is 24.8 Å². The fraction of sp³-hybridized carbons (Fsp3) is 0.550. The highest BCUT2D eigenvalue weighted by molar-refractivity contribution is 8.03. The number of aliphatic hydroxyl groups is 1. The minimum Gasteiger partial charge on any atom is -0.493 e. The third-order valence-corrected chi connectivity index (χ3v) is 5.82. The second-order valence-electron chi connectivity index (χ2n) is 6.31. The Hall–Kier alpha value is -1.88. The molecular weight excluding hydrogens is 362 g/mol. The van der Waals surface area contributed by atoms with Gasteiger partial charge in [-0.25, -0.2) is 0 Å². The molecule has 2 N–H and O–H groups in total. The van der Waals surface area contributed by atoms with Crippen molar-refractivity contribution in [2.45, 2.75) is 26.4 Å². The second kappa shape index (κ2) is 10.5. The van der Waals surface area contributed by atoms with Gasteiger partial charge in [0.25, 0.3) is 0 Å². The van der Waals surface area contributed by atoms with Crippen LogP contribution < -0.4 is 14.8 Å². The number of nitrogens with one attached hydrogen (secondary N) is 1. The molecule has 1 unspecified atom stereocenters. The summed E-state index contributed by atoms with van der Waals surface area (Å²) in [6, 6.07) is 6.19. The number of fused-ring (bicyclic) bond motifs is 1. The quantitative estimate of drug-likeness (QED) is 0.626. The van der Waals surface area contributed by atoms with Crippen molar-refractivity contribution < 1.29 is 14.6 Å². The minimum absolute atomic E-state index is 0.479. The summed E-state index contributed by atoms with van der Waals surface area (Å²) >= 11 is 1.39. The SMILES string of the molecule is CCN(CC)CC(O)CS/C(C#N)=C1\NCCc2cc(OC)c(OC)cc21. The van der Waals surface area contributed by atoms with E-state index in [9.17, 15) is 10.4 Å². The number of methoxy groups -OCH3 is 2. The van der Waals surface area contributed by atoms with Gasteiger partial charge in [-0.05, 0) is 37.2 Å². The molecule has 27 heavy (non-hydrogen) atoms. The molecule has 1 aliphatic rings. The van der Waals surface area contributed by atoms with Crippen LogP contribution in [-0.4, -0.2) is 62.3 Å². The predicted molar refractivity (Wildman–Crippen MR) is 110 cm³/mol. The zero-order valence-corrected chi connectivity index (χ0v) is 17.4. The van der Waals surface area contributed by atoms with Crippen molar-refractivity contribution in [2.75, 3.05) is 46.2 Å². The van der Waals surface area contributed by atoms with Gasteiger partial charge in [0.05, 0.1) is 26.0 Å². The third kappa shape index (κ3) is 5.32. The minimum atomic E-state index is -0.479. The average Bonchev–Trinajstić information content (AvgIpc) is 2.71. The number of rotatable bonds is 9. The van der Waals surface area contributed by atoms with Crippen LogP contribution in [-0.2, 0) is 6.42 Å². The molecule has 0 radical (unpaired) electrons. The largest absolute Gasteiger partial charge is 0.493 e. The molecule has 148 valence electrons. The van der Waals surface area contributed by atoms with E-state index in [2.05, 4.69) is 30.1 Å². The van der Waals surface area contributed by atoms with E-state index in [1.165, 1.54) is 11.8 Å². The Morgan fingerprint density at radius 3 is 2.56 bits per heavy atom. The number of allylic oxidation sites excluding steroid dienone is 1. The zero-order valence-electron chi connectivity index (χ0n) is 16.5. The van der Waals surface area contributed by atoms with E-state index in [0.717, 1.165) is 42.9 Å². The monoisotopic (exact) mass is 391 g/mol. The standard InChI is InChI=1S/C20H29N3O3S/c1-5-23(6-2)12-15(24)13-27-19(11-21)20-16-10-18(26-4)17(25-3)9-14(16)7-8-22-20/h9-10,15,22,24H,5-8,12-13H2,1-4H3/b20-19-. The Morgan fingerprint density at radius 1 is 1.30 bits per heavy atom. The summed E-state index contributed by atoms with van der Waals surface area (Å²) in [6.45, 7) is 7.34. The maximum atomic E-state index is 10.3. The fourth-order valence-corrected chi connectivity index (χ4v) is 4.01. The molecule has 7 heteroatoms. The molecule has 1 atom stereocenters. The lowest BCUT2D eigenvalue weighted by Crippen LogP contribution is -2.33. The number of nitriles is 1. The summed E-state index contributed by atoms with van der Waals surface area (Å²) in [7, 11) is 3.23. The first-order chi connectivity index (χ1) is 13.1. The lowest BCUT2D eigenvalue weighted by atomic mass is 9.97. The first kappa shape index (κ1) is 21.4. The van der Waals surface area contributed by atoms with Crippen LogP contribution in [0.25, 0.3) is 5.70 Å². The molecule has 0 bridgehead atoms. The molecule has 0 saturated carbocycles. The van der Waals surface area contributed by atoms with Crippen LogP contribution in [0.5, 0.6) is 11.5 Å². The summed E-state index contributed by atoms with van der Waals surface area (Å²) in [5, 5.41) is 23.4. The third-order valence-electron chi connectivity index (χ3n) is 4.69.